The van der Waals surface area contributed by atoms with Gasteiger partial charge in [-0.25, -0.2) is 9.55 Å². The Labute approximate surface area is 60.7 Å². The van der Waals surface area contributed by atoms with Crippen LogP contribution in [0.4, 0.5) is 13.2 Å². The highest BCUT2D eigenvalue weighted by Crippen LogP contribution is 2.21. The van der Waals surface area contributed by atoms with Gasteiger partial charge in [0.1, 0.15) is 12.0 Å². The summed E-state index contributed by atoms with van der Waals surface area (Å²) in [4.78, 5) is 3.31. The fraction of sp³-hybridized carbons (Fsp3) is 0.167. The lowest BCUT2D eigenvalue weighted by Crippen LogP contribution is -2.13. The number of nitrogens with zero attached hydrogens (tertiary/aromatic N) is 2. The number of halogens is 3. The van der Waals surface area contributed by atoms with Crippen molar-refractivity contribution in [2.24, 2.45) is 0 Å². The molecule has 1 heterocycles. The summed E-state index contributed by atoms with van der Waals surface area (Å²) in [5.74, 6) is 1.99. The van der Waals surface area contributed by atoms with Crippen LogP contribution >= 0.6 is 0 Å². The number of hydrogen-bond acceptors (Lipinski definition) is 1. The van der Waals surface area contributed by atoms with Crippen molar-refractivity contribution in [2.75, 3.05) is 0 Å². The van der Waals surface area contributed by atoms with Crippen molar-refractivity contribution in [3.05, 3.63) is 18.2 Å². The van der Waals surface area contributed by atoms with Gasteiger partial charge in [-0.1, -0.05) is 0 Å². The van der Waals surface area contributed by atoms with Gasteiger partial charge in [0, 0.05) is 6.20 Å². The van der Waals surface area contributed by atoms with Crippen LogP contribution in [-0.2, 0) is 6.30 Å². The van der Waals surface area contributed by atoms with Crippen LogP contribution < -0.4 is 0 Å². The molecule has 0 unspecified atom stereocenters. The number of rotatable bonds is 0. The molecule has 0 aliphatic carbocycles. The van der Waals surface area contributed by atoms with Crippen molar-refractivity contribution >= 4 is 0 Å². The molecule has 0 radical (unpaired) electrons. The van der Waals surface area contributed by atoms with Crippen molar-refractivity contribution in [1.29, 1.82) is 0 Å². The molecule has 0 spiro atoms. The van der Waals surface area contributed by atoms with Crippen LogP contribution in [-0.4, -0.2) is 9.55 Å². The van der Waals surface area contributed by atoms with Gasteiger partial charge in [-0.3, -0.25) is 0 Å². The van der Waals surface area contributed by atoms with E-state index in [2.05, 4.69) is 4.98 Å². The molecular weight excluding hydrogens is 157 g/mol. The lowest BCUT2D eigenvalue weighted by molar-refractivity contribution is -0.204. The molecular formula is C6H3F3N2. The van der Waals surface area contributed by atoms with Crippen molar-refractivity contribution in [2.45, 2.75) is 6.30 Å². The van der Waals surface area contributed by atoms with E-state index in [9.17, 15) is 13.2 Å². The summed E-state index contributed by atoms with van der Waals surface area (Å²) in [6.07, 6.45) is 1.77. The largest absolute Gasteiger partial charge is 0.489 e. The number of hydrogen-bond donors (Lipinski definition) is 0. The lowest BCUT2D eigenvalue weighted by Gasteiger charge is -2.04. The molecule has 1 aromatic heterocycles. The molecule has 0 aliphatic heterocycles. The van der Waals surface area contributed by atoms with Crippen molar-refractivity contribution < 1.29 is 13.2 Å². The van der Waals surface area contributed by atoms with Gasteiger partial charge in [-0.15, -0.1) is 19.6 Å². The summed E-state index contributed by atoms with van der Waals surface area (Å²) >= 11 is 0. The first kappa shape index (κ1) is 7.66. The third kappa shape index (κ3) is 1.52. The zero-order valence-corrected chi connectivity index (χ0v) is 5.26. The first-order valence-electron chi connectivity index (χ1n) is 2.62. The summed E-state index contributed by atoms with van der Waals surface area (Å²) in [6.45, 7) is 0. The van der Waals surface area contributed by atoms with Crippen LogP contribution in [0, 0.1) is 12.3 Å². The van der Waals surface area contributed by atoms with Crippen LogP contribution in [0.1, 0.15) is 5.69 Å². The van der Waals surface area contributed by atoms with E-state index in [0.29, 0.717) is 6.33 Å². The Hall–Kier alpha value is -1.44. The van der Waals surface area contributed by atoms with Crippen LogP contribution in [0.3, 0.4) is 0 Å². The maximum Gasteiger partial charge on any atom is 0.489 e. The minimum absolute atomic E-state index is 0.00218. The highest BCUT2D eigenvalue weighted by molar-refractivity contribution is 5.20. The molecule has 58 valence electrons. The van der Waals surface area contributed by atoms with Crippen LogP contribution in [0.5, 0.6) is 0 Å². The molecule has 11 heavy (non-hydrogen) atoms. The molecule has 0 atom stereocenters. The summed E-state index contributed by atoms with van der Waals surface area (Å²) in [7, 11) is 0. The minimum Gasteiger partial charge on any atom is -0.247 e. The molecule has 0 aliphatic rings. The summed E-state index contributed by atoms with van der Waals surface area (Å²) in [5, 5.41) is 0. The topological polar surface area (TPSA) is 17.8 Å². The van der Waals surface area contributed by atoms with Gasteiger partial charge in [-0.2, -0.15) is 0 Å². The average Bonchev–Trinajstić information content (AvgIpc) is 2.32. The van der Waals surface area contributed by atoms with E-state index < -0.39 is 6.30 Å². The second-order valence-electron chi connectivity index (χ2n) is 1.78. The van der Waals surface area contributed by atoms with Gasteiger partial charge >= 0.3 is 6.30 Å². The fourth-order valence-corrected chi connectivity index (χ4v) is 0.536. The van der Waals surface area contributed by atoms with E-state index in [1.165, 1.54) is 0 Å². The predicted octanol–water partition coefficient (Wildman–Crippen LogP) is 1.34. The Kier molecular flexibility index (Phi) is 1.61. The molecule has 0 bridgehead atoms. The summed E-state index contributed by atoms with van der Waals surface area (Å²) < 4.78 is 35.4. The predicted molar refractivity (Wildman–Crippen MR) is 31.5 cm³/mol. The van der Waals surface area contributed by atoms with E-state index in [1.807, 2.05) is 5.92 Å². The van der Waals surface area contributed by atoms with Gasteiger partial charge in [0.2, 0.25) is 0 Å². The maximum absolute atomic E-state index is 11.8. The Morgan fingerprint density at radius 1 is 1.55 bits per heavy atom. The second-order valence-corrected chi connectivity index (χ2v) is 1.78. The molecule has 5 heteroatoms. The smallest absolute Gasteiger partial charge is 0.247 e. The molecule has 0 saturated heterocycles. The fourth-order valence-electron chi connectivity index (χ4n) is 0.536. The Morgan fingerprint density at radius 3 is 2.45 bits per heavy atom. The van der Waals surface area contributed by atoms with E-state index in [4.69, 9.17) is 6.42 Å². The summed E-state index contributed by atoms with van der Waals surface area (Å²) in [6, 6.07) is 0. The quantitative estimate of drug-likeness (QED) is 0.523. The highest BCUT2D eigenvalue weighted by Gasteiger charge is 2.30. The van der Waals surface area contributed by atoms with E-state index in [1.54, 1.807) is 0 Å². The van der Waals surface area contributed by atoms with Crippen molar-refractivity contribution in [3.8, 4) is 12.3 Å². The standard InChI is InChI=1S/C6H3F3N2/c1-2-5-3-11(4-10-5)6(7,8)9/h1,3-4H. The van der Waals surface area contributed by atoms with Crippen molar-refractivity contribution in [3.63, 3.8) is 0 Å². The Bertz CT molecular complexity index is 292. The Balaban J connectivity index is 3.01. The number of aromatic nitrogens is 2. The minimum atomic E-state index is -4.43. The van der Waals surface area contributed by atoms with Gasteiger partial charge in [0.25, 0.3) is 0 Å². The second kappa shape index (κ2) is 2.31. The zero-order valence-electron chi connectivity index (χ0n) is 5.26. The third-order valence-electron chi connectivity index (χ3n) is 1.02. The van der Waals surface area contributed by atoms with E-state index in [0.717, 1.165) is 6.20 Å². The number of alkyl halides is 3. The monoisotopic (exact) mass is 160 g/mol. The summed E-state index contributed by atoms with van der Waals surface area (Å²) in [5.41, 5.74) is -0.0256. The van der Waals surface area contributed by atoms with Gasteiger partial charge in [-0.05, 0) is 5.92 Å². The van der Waals surface area contributed by atoms with Crippen LogP contribution in [0.2, 0.25) is 0 Å². The molecule has 0 amide bonds. The van der Waals surface area contributed by atoms with Gasteiger partial charge < -0.3 is 0 Å². The third-order valence-corrected chi connectivity index (χ3v) is 1.02. The number of imidazole rings is 1. The zero-order chi connectivity index (χ0) is 8.48. The SMILES string of the molecule is C#Cc1cn(C(F)(F)F)cn1. The average molecular weight is 160 g/mol. The number of terminal acetylenes is 1. The van der Waals surface area contributed by atoms with E-state index in [-0.39, 0.29) is 10.3 Å². The first-order chi connectivity index (χ1) is 5.04. The highest BCUT2D eigenvalue weighted by atomic mass is 19.4. The molecule has 0 fully saturated rings. The van der Waals surface area contributed by atoms with Crippen LogP contribution in [0.15, 0.2) is 12.5 Å². The molecule has 1 rings (SSSR count). The first-order valence-corrected chi connectivity index (χ1v) is 2.62. The van der Waals surface area contributed by atoms with Gasteiger partial charge in [0.05, 0.1) is 0 Å². The van der Waals surface area contributed by atoms with E-state index >= 15 is 0 Å². The molecule has 0 saturated carbocycles. The Morgan fingerprint density at radius 2 is 2.18 bits per heavy atom. The normalized spacial score (nSPS) is 11.1. The molecule has 0 N–H and O–H groups in total. The van der Waals surface area contributed by atoms with Gasteiger partial charge in [0.15, 0.2) is 0 Å². The van der Waals surface area contributed by atoms with Crippen molar-refractivity contribution in [1.82, 2.24) is 9.55 Å². The maximum atomic E-state index is 11.8. The molecule has 1 aromatic rings. The van der Waals surface area contributed by atoms with Crippen LogP contribution in [0.25, 0.3) is 0 Å². The molecule has 0 aromatic carbocycles. The molecule has 2 nitrogen and oxygen atoms in total. The lowest BCUT2D eigenvalue weighted by atomic mass is 10.5.